The van der Waals surface area contributed by atoms with E-state index in [2.05, 4.69) is 0 Å². The van der Waals surface area contributed by atoms with Gasteiger partial charge in [-0.05, 0) is 30.4 Å². The first-order chi connectivity index (χ1) is 15.4. The number of nitrogens with two attached hydrogens (primary N) is 1. The topological polar surface area (TPSA) is 64.2 Å². The van der Waals surface area contributed by atoms with Gasteiger partial charge < -0.3 is 15.2 Å². The number of hydrogen-bond donors (Lipinski definition) is 1. The van der Waals surface area contributed by atoms with Crippen LogP contribution in [-0.2, 0) is 11.3 Å². The van der Waals surface area contributed by atoms with Gasteiger partial charge in [0.25, 0.3) is 0 Å². The summed E-state index contributed by atoms with van der Waals surface area (Å²) in [6.45, 7) is 5.17. The highest BCUT2D eigenvalue weighted by Gasteiger charge is 2.37. The largest absolute Gasteiger partial charge is 0.331 e. The van der Waals surface area contributed by atoms with Crippen LogP contribution in [0.4, 0.5) is 8.78 Å². The predicted octanol–water partition coefficient (Wildman–Crippen LogP) is 5.06. The van der Waals surface area contributed by atoms with E-state index in [1.807, 2.05) is 23.3 Å². The van der Waals surface area contributed by atoms with Gasteiger partial charge >= 0.3 is 0 Å². The number of carbonyl (C=O) groups excluding carboxylic acids is 1. The zero-order valence-corrected chi connectivity index (χ0v) is 19.1. The van der Waals surface area contributed by atoms with Crippen molar-refractivity contribution in [2.45, 2.75) is 77.4 Å². The molecule has 7 heteroatoms. The molecule has 0 radical (unpaired) electrons. The average molecular weight is 445 g/mol. The molecule has 2 aromatic rings. The van der Waals surface area contributed by atoms with E-state index in [4.69, 9.17) is 10.7 Å². The molecule has 0 bridgehead atoms. The zero-order valence-electron chi connectivity index (χ0n) is 19.1. The lowest BCUT2D eigenvalue weighted by atomic mass is 9.83. The third kappa shape index (κ3) is 4.45. The number of halogens is 2. The molecule has 1 aliphatic heterocycles. The van der Waals surface area contributed by atoms with Crippen molar-refractivity contribution in [2.24, 2.45) is 17.6 Å². The van der Waals surface area contributed by atoms with Gasteiger partial charge in [0.05, 0.1) is 17.8 Å². The van der Waals surface area contributed by atoms with E-state index in [1.165, 1.54) is 25.3 Å². The maximum Gasteiger partial charge on any atom is 0.240 e. The molecule has 2 aliphatic rings. The van der Waals surface area contributed by atoms with E-state index >= 15 is 0 Å². The van der Waals surface area contributed by atoms with Gasteiger partial charge in [-0.25, -0.2) is 13.8 Å². The van der Waals surface area contributed by atoms with Gasteiger partial charge in [-0.2, -0.15) is 0 Å². The van der Waals surface area contributed by atoms with Gasteiger partial charge in [0.2, 0.25) is 5.91 Å². The second-order valence-corrected chi connectivity index (χ2v) is 9.48. The molecule has 0 unspecified atom stereocenters. The fourth-order valence-electron chi connectivity index (χ4n) is 5.14. The molecule has 1 aromatic carbocycles. The highest BCUT2D eigenvalue weighted by molar-refractivity contribution is 5.82. The van der Waals surface area contributed by atoms with Crippen molar-refractivity contribution in [3.05, 3.63) is 41.9 Å². The van der Waals surface area contributed by atoms with Crippen LogP contribution in [0.15, 0.2) is 24.4 Å². The molecule has 5 nitrogen and oxygen atoms in total. The maximum atomic E-state index is 14.5. The van der Waals surface area contributed by atoms with Crippen molar-refractivity contribution in [1.82, 2.24) is 14.5 Å². The summed E-state index contributed by atoms with van der Waals surface area (Å²) in [5.41, 5.74) is 6.90. The van der Waals surface area contributed by atoms with Crippen LogP contribution in [0.1, 0.15) is 70.7 Å². The summed E-state index contributed by atoms with van der Waals surface area (Å²) in [4.78, 5) is 20.0. The Morgan fingerprint density at radius 3 is 2.69 bits per heavy atom. The normalized spacial score (nSPS) is 21.3. The fourth-order valence-corrected chi connectivity index (χ4v) is 5.14. The summed E-state index contributed by atoms with van der Waals surface area (Å²) in [5.74, 6) is -0.432. The van der Waals surface area contributed by atoms with Crippen LogP contribution in [0.3, 0.4) is 0 Å². The second-order valence-electron chi connectivity index (χ2n) is 9.48. The molecule has 1 saturated carbocycles. The van der Waals surface area contributed by atoms with Crippen molar-refractivity contribution in [3.63, 3.8) is 0 Å². The zero-order chi connectivity index (χ0) is 22.8. The third-order valence-corrected chi connectivity index (χ3v) is 7.40. The van der Waals surface area contributed by atoms with E-state index < -0.39 is 17.7 Å². The fraction of sp³-hybridized carbons (Fsp3) is 0.600. The monoisotopic (exact) mass is 444 g/mol. The van der Waals surface area contributed by atoms with E-state index in [0.29, 0.717) is 24.7 Å². The molecule has 32 heavy (non-hydrogen) atoms. The molecule has 4 rings (SSSR count). The van der Waals surface area contributed by atoms with E-state index in [1.54, 1.807) is 12.3 Å². The Bertz CT molecular complexity index is 953. The van der Waals surface area contributed by atoms with Gasteiger partial charge in [0.1, 0.15) is 5.82 Å². The Balaban J connectivity index is 1.69. The van der Waals surface area contributed by atoms with Crippen molar-refractivity contribution in [3.8, 4) is 11.3 Å². The highest BCUT2D eigenvalue weighted by atomic mass is 19.2. The van der Waals surface area contributed by atoms with Crippen molar-refractivity contribution in [2.75, 3.05) is 6.54 Å². The lowest BCUT2D eigenvalue weighted by Gasteiger charge is -2.40. The van der Waals surface area contributed by atoms with Crippen LogP contribution in [-0.4, -0.2) is 32.9 Å². The Labute approximate surface area is 189 Å². The molecular weight excluding hydrogens is 410 g/mol. The minimum absolute atomic E-state index is 0.0344. The number of nitrogens with zero attached hydrogens (tertiary/aromatic N) is 3. The molecule has 3 atom stereocenters. The minimum Gasteiger partial charge on any atom is -0.331 e. The number of imidazole rings is 1. The quantitative estimate of drug-likeness (QED) is 0.678. The average Bonchev–Trinajstić information content (AvgIpc) is 3.25. The van der Waals surface area contributed by atoms with Crippen LogP contribution in [0.25, 0.3) is 11.3 Å². The Morgan fingerprint density at radius 2 is 1.97 bits per heavy atom. The van der Waals surface area contributed by atoms with Crippen molar-refractivity contribution < 1.29 is 13.6 Å². The van der Waals surface area contributed by atoms with Crippen molar-refractivity contribution in [1.29, 1.82) is 0 Å². The second kappa shape index (κ2) is 9.69. The predicted molar refractivity (Wildman–Crippen MR) is 121 cm³/mol. The van der Waals surface area contributed by atoms with Crippen molar-refractivity contribution >= 4 is 5.91 Å². The summed E-state index contributed by atoms with van der Waals surface area (Å²) in [6, 6.07) is 3.41. The number of aromatic nitrogens is 2. The summed E-state index contributed by atoms with van der Waals surface area (Å²) in [5, 5.41) is 0. The highest BCUT2D eigenvalue weighted by Crippen LogP contribution is 2.38. The standard InChI is InChI=1S/C25H34F2N4O/c1-3-16(2)23(28)25(32)31-13-12-30-15-20(18-10-7-11-19(26)22(18)27)29-24(30)21(31)14-17-8-5-4-6-9-17/h7,10-11,15-17,21,23H,3-6,8-9,12-14,28H2,1-2H3/t16-,21-,23-/m0/s1. The van der Waals surface area contributed by atoms with E-state index in [-0.39, 0.29) is 23.4 Å². The first kappa shape index (κ1) is 22.9. The molecular formula is C25H34F2N4O. The third-order valence-electron chi connectivity index (χ3n) is 7.40. The first-order valence-electron chi connectivity index (χ1n) is 12.0. The van der Waals surface area contributed by atoms with Crippen LogP contribution in [0, 0.1) is 23.5 Å². The number of rotatable bonds is 6. The Hall–Kier alpha value is -2.28. The number of carbonyl (C=O) groups is 1. The molecule has 2 N–H and O–H groups in total. The minimum atomic E-state index is -0.890. The van der Waals surface area contributed by atoms with E-state index in [0.717, 1.165) is 37.6 Å². The number of hydrogen-bond acceptors (Lipinski definition) is 3. The molecule has 0 saturated heterocycles. The Morgan fingerprint density at radius 1 is 1.22 bits per heavy atom. The number of benzene rings is 1. The Kier molecular flexibility index (Phi) is 6.93. The van der Waals surface area contributed by atoms with Crippen LogP contribution in [0.5, 0.6) is 0 Å². The molecule has 1 amide bonds. The lowest BCUT2D eigenvalue weighted by molar-refractivity contribution is -0.138. The van der Waals surface area contributed by atoms with Gasteiger partial charge in [-0.1, -0.05) is 58.4 Å². The first-order valence-corrected chi connectivity index (χ1v) is 12.0. The number of amides is 1. The molecule has 1 fully saturated rings. The van der Waals surface area contributed by atoms with Crippen LogP contribution < -0.4 is 5.73 Å². The van der Waals surface area contributed by atoms with E-state index in [9.17, 15) is 13.6 Å². The van der Waals surface area contributed by atoms with Gasteiger partial charge in [0, 0.05) is 24.8 Å². The summed E-state index contributed by atoms with van der Waals surface area (Å²) < 4.78 is 30.3. The summed E-state index contributed by atoms with van der Waals surface area (Å²) in [7, 11) is 0. The molecule has 1 aromatic heterocycles. The SMILES string of the molecule is CC[C@H](C)[C@H](N)C(=O)N1CCn2cc(-c3cccc(F)c3F)nc2[C@@H]1CC1CCCCC1. The summed E-state index contributed by atoms with van der Waals surface area (Å²) in [6.07, 6.45) is 9.46. The molecule has 174 valence electrons. The van der Waals surface area contributed by atoms with Crippen LogP contribution >= 0.6 is 0 Å². The van der Waals surface area contributed by atoms with Gasteiger partial charge in [-0.3, -0.25) is 4.79 Å². The van der Waals surface area contributed by atoms with Crippen LogP contribution in [0.2, 0.25) is 0 Å². The molecule has 2 heterocycles. The molecule has 0 spiro atoms. The van der Waals surface area contributed by atoms with Gasteiger partial charge in [-0.15, -0.1) is 0 Å². The molecule has 1 aliphatic carbocycles. The lowest BCUT2D eigenvalue weighted by Crippen LogP contribution is -2.51. The summed E-state index contributed by atoms with van der Waals surface area (Å²) >= 11 is 0. The number of fused-ring (bicyclic) bond motifs is 1. The maximum absolute atomic E-state index is 14.5. The smallest absolute Gasteiger partial charge is 0.240 e. The van der Waals surface area contributed by atoms with Gasteiger partial charge in [0.15, 0.2) is 11.6 Å².